The SMILES string of the molecule is CCCOc1c(Br)cc(CNCCc2ccccc2)cc1OCC. The lowest BCUT2D eigenvalue weighted by atomic mass is 10.1. The lowest BCUT2D eigenvalue weighted by molar-refractivity contribution is 0.275. The number of hydrogen-bond donors (Lipinski definition) is 1. The van der Waals surface area contributed by atoms with Crippen molar-refractivity contribution in [2.75, 3.05) is 19.8 Å². The molecule has 4 heteroatoms. The van der Waals surface area contributed by atoms with Gasteiger partial charge in [-0.15, -0.1) is 0 Å². The van der Waals surface area contributed by atoms with Gasteiger partial charge >= 0.3 is 0 Å². The summed E-state index contributed by atoms with van der Waals surface area (Å²) in [4.78, 5) is 0. The van der Waals surface area contributed by atoms with Gasteiger partial charge in [-0.05, 0) is 65.5 Å². The van der Waals surface area contributed by atoms with Crippen LogP contribution in [0.3, 0.4) is 0 Å². The lowest BCUT2D eigenvalue weighted by Gasteiger charge is -2.15. The van der Waals surface area contributed by atoms with Crippen molar-refractivity contribution in [3.63, 3.8) is 0 Å². The highest BCUT2D eigenvalue weighted by Crippen LogP contribution is 2.37. The molecular formula is C20H26BrNO2. The van der Waals surface area contributed by atoms with E-state index in [1.165, 1.54) is 11.1 Å². The van der Waals surface area contributed by atoms with Crippen LogP contribution < -0.4 is 14.8 Å². The first kappa shape index (κ1) is 18.8. The highest BCUT2D eigenvalue weighted by molar-refractivity contribution is 9.10. The Morgan fingerprint density at radius 3 is 2.50 bits per heavy atom. The van der Waals surface area contributed by atoms with Crippen molar-refractivity contribution in [2.24, 2.45) is 0 Å². The Morgan fingerprint density at radius 1 is 1.00 bits per heavy atom. The summed E-state index contributed by atoms with van der Waals surface area (Å²) in [6, 6.07) is 14.7. The standard InChI is InChI=1S/C20H26BrNO2/c1-3-12-24-20-18(21)13-17(14-19(20)23-4-2)15-22-11-10-16-8-6-5-7-9-16/h5-9,13-14,22H,3-4,10-12,15H2,1-2H3. The van der Waals surface area contributed by atoms with Crippen LogP contribution in [0, 0.1) is 0 Å². The molecule has 1 N–H and O–H groups in total. The van der Waals surface area contributed by atoms with E-state index in [0.29, 0.717) is 13.2 Å². The Kier molecular flexibility index (Phi) is 8.13. The van der Waals surface area contributed by atoms with Gasteiger partial charge in [-0.3, -0.25) is 0 Å². The number of ether oxygens (including phenoxy) is 2. The normalized spacial score (nSPS) is 10.6. The summed E-state index contributed by atoms with van der Waals surface area (Å²) in [5.74, 6) is 1.60. The van der Waals surface area contributed by atoms with E-state index in [4.69, 9.17) is 9.47 Å². The molecule has 2 rings (SSSR count). The molecule has 0 atom stereocenters. The molecule has 0 aromatic heterocycles. The lowest BCUT2D eigenvalue weighted by Crippen LogP contribution is -2.16. The highest BCUT2D eigenvalue weighted by Gasteiger charge is 2.12. The second-order valence-electron chi connectivity index (χ2n) is 5.60. The maximum absolute atomic E-state index is 5.82. The quantitative estimate of drug-likeness (QED) is 0.579. The van der Waals surface area contributed by atoms with E-state index in [2.05, 4.69) is 64.6 Å². The molecule has 2 aromatic rings. The summed E-state index contributed by atoms with van der Waals surface area (Å²) in [5, 5.41) is 3.49. The molecule has 0 heterocycles. The van der Waals surface area contributed by atoms with Crippen molar-refractivity contribution in [1.82, 2.24) is 5.32 Å². The predicted molar refractivity (Wildman–Crippen MR) is 103 cm³/mol. The molecular weight excluding hydrogens is 366 g/mol. The second-order valence-corrected chi connectivity index (χ2v) is 6.45. The van der Waals surface area contributed by atoms with Crippen LogP contribution in [-0.2, 0) is 13.0 Å². The smallest absolute Gasteiger partial charge is 0.175 e. The van der Waals surface area contributed by atoms with Crippen molar-refractivity contribution in [3.8, 4) is 11.5 Å². The number of benzene rings is 2. The largest absolute Gasteiger partial charge is 0.490 e. The molecule has 0 spiro atoms. The molecule has 0 saturated carbocycles. The second kappa shape index (κ2) is 10.4. The molecule has 3 nitrogen and oxygen atoms in total. The minimum Gasteiger partial charge on any atom is -0.490 e. The van der Waals surface area contributed by atoms with E-state index < -0.39 is 0 Å². The first-order valence-electron chi connectivity index (χ1n) is 8.57. The summed E-state index contributed by atoms with van der Waals surface area (Å²) in [5.41, 5.74) is 2.53. The summed E-state index contributed by atoms with van der Waals surface area (Å²) in [7, 11) is 0. The van der Waals surface area contributed by atoms with Gasteiger partial charge in [0.05, 0.1) is 17.7 Å². The Balaban J connectivity index is 1.94. The first-order valence-corrected chi connectivity index (χ1v) is 9.36. The fraction of sp³-hybridized carbons (Fsp3) is 0.400. The zero-order valence-electron chi connectivity index (χ0n) is 14.5. The third-order valence-corrected chi connectivity index (χ3v) is 4.17. The van der Waals surface area contributed by atoms with Gasteiger partial charge in [0.15, 0.2) is 11.5 Å². The number of rotatable bonds is 10. The molecule has 0 aliphatic heterocycles. The van der Waals surface area contributed by atoms with Crippen LogP contribution in [0.4, 0.5) is 0 Å². The average molecular weight is 392 g/mol. The van der Waals surface area contributed by atoms with Crippen LogP contribution >= 0.6 is 15.9 Å². The minimum atomic E-state index is 0.625. The number of halogens is 1. The van der Waals surface area contributed by atoms with E-state index in [9.17, 15) is 0 Å². The van der Waals surface area contributed by atoms with Crippen LogP contribution in [0.5, 0.6) is 11.5 Å². The minimum absolute atomic E-state index is 0.625. The summed E-state index contributed by atoms with van der Waals surface area (Å²) < 4.78 is 12.5. The van der Waals surface area contributed by atoms with Gasteiger partial charge < -0.3 is 14.8 Å². The molecule has 0 bridgehead atoms. The topological polar surface area (TPSA) is 30.5 Å². The Labute approximate surface area is 153 Å². The van der Waals surface area contributed by atoms with Crippen molar-refractivity contribution in [3.05, 3.63) is 58.1 Å². The average Bonchev–Trinajstić information content (AvgIpc) is 2.59. The van der Waals surface area contributed by atoms with Gasteiger partial charge in [-0.2, -0.15) is 0 Å². The maximum Gasteiger partial charge on any atom is 0.175 e. The van der Waals surface area contributed by atoms with Gasteiger partial charge in [0.2, 0.25) is 0 Å². The van der Waals surface area contributed by atoms with Crippen LogP contribution in [0.1, 0.15) is 31.4 Å². The molecule has 2 aromatic carbocycles. The molecule has 0 aliphatic rings. The van der Waals surface area contributed by atoms with Crippen LogP contribution in [0.15, 0.2) is 46.9 Å². The Bertz CT molecular complexity index is 617. The van der Waals surface area contributed by atoms with Gasteiger partial charge in [0, 0.05) is 6.54 Å². The number of nitrogens with one attached hydrogen (secondary N) is 1. The molecule has 0 fully saturated rings. The Morgan fingerprint density at radius 2 is 1.79 bits per heavy atom. The van der Waals surface area contributed by atoms with Gasteiger partial charge in [0.25, 0.3) is 0 Å². The molecule has 0 amide bonds. The Hall–Kier alpha value is -1.52. The molecule has 0 aliphatic carbocycles. The van der Waals surface area contributed by atoms with E-state index in [-0.39, 0.29) is 0 Å². The third-order valence-electron chi connectivity index (χ3n) is 3.58. The summed E-state index contributed by atoms with van der Waals surface area (Å²) >= 11 is 3.61. The third kappa shape index (κ3) is 5.84. The fourth-order valence-electron chi connectivity index (χ4n) is 2.44. The highest BCUT2D eigenvalue weighted by atomic mass is 79.9. The molecule has 0 radical (unpaired) electrons. The van der Waals surface area contributed by atoms with Gasteiger partial charge in [0.1, 0.15) is 0 Å². The maximum atomic E-state index is 5.82. The van der Waals surface area contributed by atoms with Crippen molar-refractivity contribution in [2.45, 2.75) is 33.2 Å². The van der Waals surface area contributed by atoms with E-state index >= 15 is 0 Å². The zero-order chi connectivity index (χ0) is 17.2. The van der Waals surface area contributed by atoms with Gasteiger partial charge in [-0.1, -0.05) is 37.3 Å². The van der Waals surface area contributed by atoms with E-state index in [1.807, 2.05) is 13.0 Å². The van der Waals surface area contributed by atoms with Crippen molar-refractivity contribution >= 4 is 15.9 Å². The predicted octanol–water partition coefficient (Wildman–Crippen LogP) is 4.97. The zero-order valence-corrected chi connectivity index (χ0v) is 16.1. The summed E-state index contributed by atoms with van der Waals surface area (Å²) in [6.45, 7) is 7.15. The van der Waals surface area contributed by atoms with Crippen molar-refractivity contribution in [1.29, 1.82) is 0 Å². The fourth-order valence-corrected chi connectivity index (χ4v) is 3.04. The molecule has 0 unspecified atom stereocenters. The molecule has 0 saturated heterocycles. The molecule has 24 heavy (non-hydrogen) atoms. The van der Waals surface area contributed by atoms with Crippen LogP contribution in [0.2, 0.25) is 0 Å². The van der Waals surface area contributed by atoms with E-state index in [0.717, 1.165) is 41.9 Å². The molecule has 130 valence electrons. The van der Waals surface area contributed by atoms with Crippen LogP contribution in [0.25, 0.3) is 0 Å². The van der Waals surface area contributed by atoms with Gasteiger partial charge in [-0.25, -0.2) is 0 Å². The van der Waals surface area contributed by atoms with Crippen LogP contribution in [-0.4, -0.2) is 19.8 Å². The van der Waals surface area contributed by atoms with E-state index in [1.54, 1.807) is 0 Å². The monoisotopic (exact) mass is 391 g/mol. The number of hydrogen-bond acceptors (Lipinski definition) is 3. The summed E-state index contributed by atoms with van der Waals surface area (Å²) in [6.07, 6.45) is 2.00. The first-order chi connectivity index (χ1) is 11.7. The van der Waals surface area contributed by atoms with Crippen molar-refractivity contribution < 1.29 is 9.47 Å².